The highest BCUT2D eigenvalue weighted by Crippen LogP contribution is 2.31. The number of halogens is 3. The van der Waals surface area contributed by atoms with Crippen molar-refractivity contribution in [3.8, 4) is 17.2 Å². The molecule has 0 aliphatic carbocycles. The van der Waals surface area contributed by atoms with Crippen LogP contribution in [0, 0.1) is 17.2 Å². The lowest BCUT2D eigenvalue weighted by Crippen LogP contribution is -2.27. The van der Waals surface area contributed by atoms with E-state index in [1.54, 1.807) is 0 Å². The fourth-order valence-electron chi connectivity index (χ4n) is 2.05. The topological polar surface area (TPSA) is 78.7 Å². The Labute approximate surface area is 142 Å². The van der Waals surface area contributed by atoms with Gasteiger partial charge in [-0.05, 0) is 29.7 Å². The van der Waals surface area contributed by atoms with E-state index < -0.39 is 17.8 Å². The Kier molecular flexibility index (Phi) is 5.37. The Morgan fingerprint density at radius 3 is 2.64 bits per heavy atom. The van der Waals surface area contributed by atoms with Crippen molar-refractivity contribution >= 4 is 5.91 Å². The van der Waals surface area contributed by atoms with Gasteiger partial charge in [0.25, 0.3) is 5.91 Å². The fourth-order valence-corrected chi connectivity index (χ4v) is 2.05. The van der Waals surface area contributed by atoms with Crippen LogP contribution in [0.1, 0.15) is 35.6 Å². The van der Waals surface area contributed by atoms with E-state index >= 15 is 0 Å². The van der Waals surface area contributed by atoms with Crippen molar-refractivity contribution in [2.75, 3.05) is 6.54 Å². The summed E-state index contributed by atoms with van der Waals surface area (Å²) in [6.45, 7) is 4.30. The molecule has 0 aliphatic heterocycles. The maximum atomic E-state index is 12.8. The van der Waals surface area contributed by atoms with Crippen LogP contribution in [0.3, 0.4) is 0 Å². The zero-order chi connectivity index (χ0) is 18.6. The van der Waals surface area contributed by atoms with E-state index in [4.69, 9.17) is 5.26 Å². The van der Waals surface area contributed by atoms with Crippen LogP contribution in [0.2, 0.25) is 0 Å². The number of nitrogens with one attached hydrogen (secondary N) is 1. The monoisotopic (exact) mass is 348 g/mol. The summed E-state index contributed by atoms with van der Waals surface area (Å²) >= 11 is 0. The summed E-state index contributed by atoms with van der Waals surface area (Å²) in [5.41, 5.74) is -0.721. The number of hydrogen-bond donors (Lipinski definition) is 1. The summed E-state index contributed by atoms with van der Waals surface area (Å²) in [7, 11) is 0. The first kappa shape index (κ1) is 18.4. The van der Waals surface area contributed by atoms with E-state index in [9.17, 15) is 18.0 Å². The molecular formula is C17H15F3N4O. The average molecular weight is 348 g/mol. The second-order valence-corrected chi connectivity index (χ2v) is 5.76. The number of rotatable bonds is 4. The van der Waals surface area contributed by atoms with Gasteiger partial charge in [-0.1, -0.05) is 13.8 Å². The normalized spacial score (nSPS) is 11.2. The molecule has 1 N–H and O–H groups in total. The summed E-state index contributed by atoms with van der Waals surface area (Å²) in [6, 6.07) is 5.35. The lowest BCUT2D eigenvalue weighted by Gasteiger charge is -2.11. The molecule has 0 saturated carbocycles. The number of nitriles is 1. The van der Waals surface area contributed by atoms with Crippen molar-refractivity contribution < 1.29 is 18.0 Å². The van der Waals surface area contributed by atoms with Crippen LogP contribution in [0.4, 0.5) is 13.2 Å². The minimum atomic E-state index is -4.61. The molecule has 0 bridgehead atoms. The van der Waals surface area contributed by atoms with Crippen LogP contribution in [-0.2, 0) is 6.18 Å². The summed E-state index contributed by atoms with van der Waals surface area (Å²) in [6.07, 6.45) is -2.38. The summed E-state index contributed by atoms with van der Waals surface area (Å²) in [5, 5.41) is 11.9. The third-order valence-corrected chi connectivity index (χ3v) is 3.29. The molecule has 25 heavy (non-hydrogen) atoms. The summed E-state index contributed by atoms with van der Waals surface area (Å²) in [5.74, 6) is -0.165. The molecule has 2 heterocycles. The van der Waals surface area contributed by atoms with Crippen molar-refractivity contribution in [3.63, 3.8) is 0 Å². The molecular weight excluding hydrogens is 333 g/mol. The Hall–Kier alpha value is -2.95. The maximum Gasteiger partial charge on any atom is 0.433 e. The number of hydrogen-bond acceptors (Lipinski definition) is 4. The Bertz CT molecular complexity index is 825. The van der Waals surface area contributed by atoms with Gasteiger partial charge >= 0.3 is 6.18 Å². The van der Waals surface area contributed by atoms with Crippen LogP contribution < -0.4 is 5.32 Å². The number of carbonyl (C=O) groups excluding carboxylic acids is 1. The van der Waals surface area contributed by atoms with Crippen molar-refractivity contribution in [2.45, 2.75) is 20.0 Å². The van der Waals surface area contributed by atoms with Gasteiger partial charge in [0.2, 0.25) is 0 Å². The molecule has 5 nitrogen and oxygen atoms in total. The zero-order valence-electron chi connectivity index (χ0n) is 13.6. The number of alkyl halides is 3. The molecule has 0 radical (unpaired) electrons. The van der Waals surface area contributed by atoms with E-state index in [1.165, 1.54) is 18.3 Å². The highest BCUT2D eigenvalue weighted by molar-refractivity contribution is 5.95. The summed E-state index contributed by atoms with van der Waals surface area (Å²) < 4.78 is 38.5. The molecule has 0 fully saturated rings. The molecule has 0 aromatic carbocycles. The summed E-state index contributed by atoms with van der Waals surface area (Å²) in [4.78, 5) is 19.3. The zero-order valence-corrected chi connectivity index (χ0v) is 13.6. The first-order valence-corrected chi connectivity index (χ1v) is 7.44. The van der Waals surface area contributed by atoms with Crippen LogP contribution in [0.15, 0.2) is 30.6 Å². The Morgan fingerprint density at radius 2 is 2.04 bits per heavy atom. The molecule has 2 rings (SSSR count). The molecule has 0 saturated heterocycles. The molecule has 130 valence electrons. The molecule has 0 unspecified atom stereocenters. The predicted molar refractivity (Wildman–Crippen MR) is 84.4 cm³/mol. The SMILES string of the molecule is CC(C)CNC(=O)c1cnc(C#N)c(-c2ccnc(C(F)(F)F)c2)c1. The predicted octanol–water partition coefficient (Wildman–Crippen LogP) is 3.42. The van der Waals surface area contributed by atoms with E-state index in [0.717, 1.165) is 12.3 Å². The maximum absolute atomic E-state index is 12.8. The van der Waals surface area contributed by atoms with E-state index in [0.29, 0.717) is 6.54 Å². The standard InChI is InChI=1S/C17H15F3N4O/c1-10(2)8-24-16(25)12-5-13(14(7-21)23-9-12)11-3-4-22-15(6-11)17(18,19)20/h3-6,9-10H,8H2,1-2H3,(H,24,25). The van der Waals surface area contributed by atoms with Crippen molar-refractivity contribution in [1.82, 2.24) is 15.3 Å². The van der Waals surface area contributed by atoms with E-state index in [1.807, 2.05) is 19.9 Å². The number of nitrogens with zero attached hydrogens (tertiary/aromatic N) is 3. The largest absolute Gasteiger partial charge is 0.433 e. The molecule has 0 spiro atoms. The van der Waals surface area contributed by atoms with Crippen LogP contribution in [0.5, 0.6) is 0 Å². The molecule has 0 aliphatic rings. The quantitative estimate of drug-likeness (QED) is 0.918. The molecule has 8 heteroatoms. The Balaban J connectivity index is 2.45. The van der Waals surface area contributed by atoms with Crippen LogP contribution >= 0.6 is 0 Å². The van der Waals surface area contributed by atoms with Gasteiger partial charge in [-0.3, -0.25) is 9.78 Å². The lowest BCUT2D eigenvalue weighted by atomic mass is 10.0. The Morgan fingerprint density at radius 1 is 1.32 bits per heavy atom. The second-order valence-electron chi connectivity index (χ2n) is 5.76. The van der Waals surface area contributed by atoms with Gasteiger partial charge in [0.1, 0.15) is 17.5 Å². The van der Waals surface area contributed by atoms with Gasteiger partial charge in [0.05, 0.1) is 5.56 Å². The van der Waals surface area contributed by atoms with Gasteiger partial charge in [-0.15, -0.1) is 0 Å². The van der Waals surface area contributed by atoms with Gasteiger partial charge in [0, 0.05) is 24.5 Å². The number of pyridine rings is 2. The molecule has 0 atom stereocenters. The number of aromatic nitrogens is 2. The van der Waals surface area contributed by atoms with Crippen molar-refractivity contribution in [3.05, 3.63) is 47.5 Å². The highest BCUT2D eigenvalue weighted by Gasteiger charge is 2.32. The first-order chi connectivity index (χ1) is 11.7. The first-order valence-electron chi connectivity index (χ1n) is 7.44. The van der Waals surface area contributed by atoms with Crippen molar-refractivity contribution in [2.24, 2.45) is 5.92 Å². The number of carbonyl (C=O) groups is 1. The lowest BCUT2D eigenvalue weighted by molar-refractivity contribution is -0.141. The van der Waals surface area contributed by atoms with Gasteiger partial charge in [0.15, 0.2) is 0 Å². The van der Waals surface area contributed by atoms with Gasteiger partial charge < -0.3 is 5.32 Å². The highest BCUT2D eigenvalue weighted by atomic mass is 19.4. The van der Waals surface area contributed by atoms with E-state index in [-0.39, 0.29) is 28.3 Å². The molecule has 1 amide bonds. The third kappa shape index (κ3) is 4.53. The van der Waals surface area contributed by atoms with Gasteiger partial charge in [-0.2, -0.15) is 18.4 Å². The van der Waals surface area contributed by atoms with Crippen molar-refractivity contribution in [1.29, 1.82) is 5.26 Å². The molecule has 2 aromatic rings. The van der Waals surface area contributed by atoms with Gasteiger partial charge in [-0.25, -0.2) is 4.98 Å². The fraction of sp³-hybridized carbons (Fsp3) is 0.294. The second kappa shape index (κ2) is 7.30. The minimum absolute atomic E-state index is 0.0697. The van der Waals surface area contributed by atoms with E-state index in [2.05, 4.69) is 15.3 Å². The van der Waals surface area contributed by atoms with Crippen LogP contribution in [-0.4, -0.2) is 22.4 Å². The third-order valence-electron chi connectivity index (χ3n) is 3.29. The minimum Gasteiger partial charge on any atom is -0.352 e. The smallest absolute Gasteiger partial charge is 0.352 e. The molecule has 2 aromatic heterocycles. The van der Waals surface area contributed by atoms with Crippen LogP contribution in [0.25, 0.3) is 11.1 Å². The average Bonchev–Trinajstić information content (AvgIpc) is 2.58. The number of amides is 1.